The van der Waals surface area contributed by atoms with E-state index in [1.165, 1.54) is 12.1 Å². The molecule has 1 unspecified atom stereocenters. The van der Waals surface area contributed by atoms with E-state index in [0.717, 1.165) is 0 Å². The van der Waals surface area contributed by atoms with Gasteiger partial charge in [-0.2, -0.15) is 5.26 Å². The molecule has 0 aromatic heterocycles. The molecule has 0 radical (unpaired) electrons. The molecule has 0 amide bonds. The van der Waals surface area contributed by atoms with Crippen molar-refractivity contribution in [2.45, 2.75) is 24.8 Å². The molecule has 3 N–H and O–H groups in total. The van der Waals surface area contributed by atoms with Gasteiger partial charge in [0.05, 0.1) is 10.5 Å². The van der Waals surface area contributed by atoms with Gasteiger partial charge in [-0.3, -0.25) is 0 Å². The van der Waals surface area contributed by atoms with E-state index in [0.29, 0.717) is 0 Å². The number of nitrogens with one attached hydrogen (secondary N) is 1. The zero-order valence-corrected chi connectivity index (χ0v) is 11.2. The first-order valence-electron chi connectivity index (χ1n) is 5.64. The summed E-state index contributed by atoms with van der Waals surface area (Å²) in [4.78, 5) is -0.00778. The number of benzene rings is 1. The fourth-order valence-corrected chi connectivity index (χ4v) is 3.07. The van der Waals surface area contributed by atoms with Crippen LogP contribution in [0.1, 0.15) is 19.4 Å². The zero-order chi connectivity index (χ0) is 13.8. The Labute approximate surface area is 108 Å². The van der Waals surface area contributed by atoms with Gasteiger partial charge in [0.1, 0.15) is 6.07 Å². The Bertz CT molecular complexity index is 547. The second-order valence-electron chi connectivity index (χ2n) is 4.32. The first kappa shape index (κ1) is 14.6. The number of nitriles is 1. The molecule has 0 saturated carbocycles. The Morgan fingerprint density at radius 1 is 1.39 bits per heavy atom. The molecule has 18 heavy (non-hydrogen) atoms. The minimum atomic E-state index is -3.71. The maximum atomic E-state index is 12.2. The highest BCUT2D eigenvalue weighted by Gasteiger charge is 2.23. The topological polar surface area (TPSA) is 96.0 Å². The van der Waals surface area contributed by atoms with Gasteiger partial charge in [0.15, 0.2) is 0 Å². The number of nitrogens with two attached hydrogens (primary N) is 1. The number of sulfonamides is 1. The van der Waals surface area contributed by atoms with E-state index < -0.39 is 10.0 Å². The maximum Gasteiger partial charge on any atom is 0.242 e. The van der Waals surface area contributed by atoms with Crippen LogP contribution in [0.2, 0.25) is 0 Å². The quantitative estimate of drug-likeness (QED) is 0.825. The molecular formula is C12H17N3O2S. The molecule has 1 atom stereocenters. The van der Waals surface area contributed by atoms with Gasteiger partial charge in [0.25, 0.3) is 0 Å². The van der Waals surface area contributed by atoms with Gasteiger partial charge >= 0.3 is 0 Å². The Balaban J connectivity index is 3.11. The Kier molecular flexibility index (Phi) is 4.84. The van der Waals surface area contributed by atoms with Crippen LogP contribution in [-0.2, 0) is 10.0 Å². The smallest absolute Gasteiger partial charge is 0.242 e. The van der Waals surface area contributed by atoms with Crippen LogP contribution in [0.4, 0.5) is 0 Å². The normalized spacial score (nSPS) is 13.3. The van der Waals surface area contributed by atoms with Crippen LogP contribution in [0, 0.1) is 17.2 Å². The van der Waals surface area contributed by atoms with Gasteiger partial charge in [0.2, 0.25) is 10.0 Å². The summed E-state index contributed by atoms with van der Waals surface area (Å²) in [5.41, 5.74) is 5.67. The van der Waals surface area contributed by atoms with Crippen molar-refractivity contribution >= 4 is 10.0 Å². The minimum Gasteiger partial charge on any atom is -0.329 e. The predicted octanol–water partition coefficient (Wildman–Crippen LogP) is 0.820. The maximum absolute atomic E-state index is 12.2. The molecular weight excluding hydrogens is 250 g/mol. The summed E-state index contributed by atoms with van der Waals surface area (Å²) in [5, 5.41) is 8.92. The molecule has 0 heterocycles. The lowest BCUT2D eigenvalue weighted by atomic mass is 10.1. The van der Waals surface area contributed by atoms with Crippen LogP contribution in [-0.4, -0.2) is 21.0 Å². The Hall–Kier alpha value is -1.42. The van der Waals surface area contributed by atoms with Gasteiger partial charge in [-0.15, -0.1) is 0 Å². The molecule has 98 valence electrons. The average molecular weight is 267 g/mol. The van der Waals surface area contributed by atoms with Crippen molar-refractivity contribution in [2.24, 2.45) is 11.7 Å². The third-order valence-electron chi connectivity index (χ3n) is 2.66. The summed E-state index contributed by atoms with van der Waals surface area (Å²) >= 11 is 0. The van der Waals surface area contributed by atoms with Crippen LogP contribution >= 0.6 is 0 Å². The third-order valence-corrected chi connectivity index (χ3v) is 4.21. The van der Waals surface area contributed by atoms with Crippen molar-refractivity contribution in [1.82, 2.24) is 4.72 Å². The second kappa shape index (κ2) is 5.96. The van der Waals surface area contributed by atoms with Crippen LogP contribution in [0.5, 0.6) is 0 Å². The first-order valence-corrected chi connectivity index (χ1v) is 7.12. The SMILES string of the molecule is CC(C)C(CN)NS(=O)(=O)c1ccccc1C#N. The van der Waals surface area contributed by atoms with Crippen LogP contribution in [0.25, 0.3) is 0 Å². The van der Waals surface area contributed by atoms with E-state index in [1.54, 1.807) is 12.1 Å². The molecule has 1 rings (SSSR count). The summed E-state index contributed by atoms with van der Waals surface area (Å²) in [6.07, 6.45) is 0. The van der Waals surface area contributed by atoms with E-state index in [-0.39, 0.29) is 29.0 Å². The van der Waals surface area contributed by atoms with Crippen molar-refractivity contribution in [1.29, 1.82) is 5.26 Å². The number of hydrogen-bond acceptors (Lipinski definition) is 4. The minimum absolute atomic E-state index is 0.00778. The molecule has 0 bridgehead atoms. The van der Waals surface area contributed by atoms with E-state index >= 15 is 0 Å². The summed E-state index contributed by atoms with van der Waals surface area (Å²) in [6, 6.07) is 7.62. The van der Waals surface area contributed by atoms with Crippen molar-refractivity contribution in [2.75, 3.05) is 6.54 Å². The van der Waals surface area contributed by atoms with E-state index in [9.17, 15) is 8.42 Å². The van der Waals surface area contributed by atoms with E-state index in [2.05, 4.69) is 4.72 Å². The first-order chi connectivity index (χ1) is 8.42. The van der Waals surface area contributed by atoms with E-state index in [1.807, 2.05) is 19.9 Å². The van der Waals surface area contributed by atoms with Gasteiger partial charge < -0.3 is 5.73 Å². The molecule has 0 aliphatic carbocycles. The molecule has 0 aliphatic rings. The third kappa shape index (κ3) is 3.29. The average Bonchev–Trinajstić information content (AvgIpc) is 2.35. The molecule has 6 heteroatoms. The van der Waals surface area contributed by atoms with Gasteiger partial charge in [-0.05, 0) is 18.1 Å². The Morgan fingerprint density at radius 3 is 2.50 bits per heavy atom. The molecule has 5 nitrogen and oxygen atoms in total. The van der Waals surface area contributed by atoms with Gasteiger partial charge in [-0.25, -0.2) is 13.1 Å². The predicted molar refractivity (Wildman–Crippen MR) is 69.2 cm³/mol. The standard InChI is InChI=1S/C12H17N3O2S/c1-9(2)11(8-14)15-18(16,17)12-6-4-3-5-10(12)7-13/h3-6,9,11,15H,8,14H2,1-2H3. The van der Waals surface area contributed by atoms with E-state index in [4.69, 9.17) is 11.0 Å². The van der Waals surface area contributed by atoms with Crippen LogP contribution in [0.3, 0.4) is 0 Å². The molecule has 0 fully saturated rings. The zero-order valence-electron chi connectivity index (χ0n) is 10.4. The van der Waals surface area contributed by atoms with Gasteiger partial charge in [0, 0.05) is 12.6 Å². The Morgan fingerprint density at radius 2 is 2.00 bits per heavy atom. The fourth-order valence-electron chi connectivity index (χ4n) is 1.51. The summed E-state index contributed by atoms with van der Waals surface area (Å²) in [7, 11) is -3.71. The van der Waals surface area contributed by atoms with Crippen molar-refractivity contribution < 1.29 is 8.42 Å². The summed E-state index contributed by atoms with van der Waals surface area (Å²) in [5.74, 6) is 0.0824. The summed E-state index contributed by atoms with van der Waals surface area (Å²) in [6.45, 7) is 3.98. The number of nitrogens with zero attached hydrogens (tertiary/aromatic N) is 1. The van der Waals surface area contributed by atoms with Crippen molar-refractivity contribution in [3.05, 3.63) is 29.8 Å². The lowest BCUT2D eigenvalue weighted by molar-refractivity contribution is 0.454. The molecule has 1 aromatic rings. The van der Waals surface area contributed by atoms with Crippen LogP contribution in [0.15, 0.2) is 29.2 Å². The van der Waals surface area contributed by atoms with Crippen molar-refractivity contribution in [3.63, 3.8) is 0 Å². The van der Waals surface area contributed by atoms with Crippen molar-refractivity contribution in [3.8, 4) is 6.07 Å². The fraction of sp³-hybridized carbons (Fsp3) is 0.417. The molecule has 0 aliphatic heterocycles. The largest absolute Gasteiger partial charge is 0.329 e. The van der Waals surface area contributed by atoms with Crippen LogP contribution < -0.4 is 10.5 Å². The molecule has 0 spiro atoms. The monoisotopic (exact) mass is 267 g/mol. The lowest BCUT2D eigenvalue weighted by Crippen LogP contribution is -2.43. The highest BCUT2D eigenvalue weighted by Crippen LogP contribution is 2.15. The molecule has 1 aromatic carbocycles. The highest BCUT2D eigenvalue weighted by atomic mass is 32.2. The number of hydrogen-bond donors (Lipinski definition) is 2. The summed E-state index contributed by atoms with van der Waals surface area (Å²) < 4.78 is 26.9. The lowest BCUT2D eigenvalue weighted by Gasteiger charge is -2.20. The van der Waals surface area contributed by atoms with Gasteiger partial charge in [-0.1, -0.05) is 26.0 Å². The molecule has 0 saturated heterocycles. The number of rotatable bonds is 5. The highest BCUT2D eigenvalue weighted by molar-refractivity contribution is 7.89. The second-order valence-corrected chi connectivity index (χ2v) is 6.00.